The van der Waals surface area contributed by atoms with Crippen molar-refractivity contribution in [3.63, 3.8) is 0 Å². The molecule has 0 saturated heterocycles. The molecule has 1 heterocycles. The highest BCUT2D eigenvalue weighted by atomic mass is 32.2. The summed E-state index contributed by atoms with van der Waals surface area (Å²) in [4.78, 5) is 16.5. The van der Waals surface area contributed by atoms with E-state index in [1.807, 2.05) is 68.4 Å². The van der Waals surface area contributed by atoms with Gasteiger partial charge in [0.05, 0.1) is 5.25 Å². The average molecular weight is 354 g/mol. The third-order valence-electron chi connectivity index (χ3n) is 3.33. The number of benzene rings is 2. The van der Waals surface area contributed by atoms with E-state index >= 15 is 0 Å². The molecule has 0 fully saturated rings. The number of rotatable bonds is 6. The van der Waals surface area contributed by atoms with Crippen LogP contribution in [0.3, 0.4) is 0 Å². The van der Waals surface area contributed by atoms with Crippen LogP contribution in [0.2, 0.25) is 0 Å². The Morgan fingerprint density at radius 1 is 1.12 bits per heavy atom. The molecule has 1 atom stereocenters. The topological polar surface area (TPSA) is 79.9 Å². The van der Waals surface area contributed by atoms with E-state index < -0.39 is 0 Å². The van der Waals surface area contributed by atoms with Crippen LogP contribution in [0.5, 0.6) is 11.5 Å². The Labute approximate surface area is 150 Å². The summed E-state index contributed by atoms with van der Waals surface area (Å²) in [5.41, 5.74) is 0.712. The van der Waals surface area contributed by atoms with E-state index in [-0.39, 0.29) is 11.2 Å². The molecule has 128 valence electrons. The quantitative estimate of drug-likeness (QED) is 0.654. The number of hydrogen-bond acceptors (Lipinski definition) is 5. The number of nitrogens with zero attached hydrogens (tertiary/aromatic N) is 2. The van der Waals surface area contributed by atoms with E-state index in [0.29, 0.717) is 16.6 Å². The minimum Gasteiger partial charge on any atom is -0.457 e. The van der Waals surface area contributed by atoms with Gasteiger partial charge in [-0.05, 0) is 50.2 Å². The molecule has 0 aliphatic carbocycles. The normalized spacial score (nSPS) is 11.8. The van der Waals surface area contributed by atoms with Gasteiger partial charge in [-0.1, -0.05) is 30.0 Å². The highest BCUT2D eigenvalue weighted by Crippen LogP contribution is 2.24. The SMILES string of the molecule is Cc1nc(SC(C)C(=O)Nc2ccc(Oc3ccccc3)cc2)n[nH]1. The minimum atomic E-state index is -0.310. The number of hydrogen-bond donors (Lipinski definition) is 2. The van der Waals surface area contributed by atoms with E-state index in [0.717, 1.165) is 11.6 Å². The zero-order valence-corrected chi connectivity index (χ0v) is 14.7. The maximum absolute atomic E-state index is 12.3. The van der Waals surface area contributed by atoms with Gasteiger partial charge in [-0.25, -0.2) is 4.98 Å². The summed E-state index contributed by atoms with van der Waals surface area (Å²) in [6, 6.07) is 16.8. The van der Waals surface area contributed by atoms with Crippen LogP contribution in [-0.4, -0.2) is 26.3 Å². The molecular weight excluding hydrogens is 336 g/mol. The molecule has 1 unspecified atom stereocenters. The fourth-order valence-electron chi connectivity index (χ4n) is 2.06. The molecule has 1 amide bonds. The van der Waals surface area contributed by atoms with Crippen molar-refractivity contribution in [2.75, 3.05) is 5.32 Å². The van der Waals surface area contributed by atoms with Crippen LogP contribution in [0.4, 0.5) is 5.69 Å². The van der Waals surface area contributed by atoms with Crippen LogP contribution in [0.15, 0.2) is 59.8 Å². The summed E-state index contributed by atoms with van der Waals surface area (Å²) in [6.45, 7) is 3.64. The molecule has 2 aromatic carbocycles. The fraction of sp³-hybridized carbons (Fsp3) is 0.167. The molecule has 2 N–H and O–H groups in total. The molecule has 0 aliphatic rings. The van der Waals surface area contributed by atoms with E-state index in [4.69, 9.17) is 4.74 Å². The first kappa shape index (κ1) is 17.0. The highest BCUT2D eigenvalue weighted by molar-refractivity contribution is 8.00. The molecule has 0 saturated carbocycles. The van der Waals surface area contributed by atoms with Crippen molar-refractivity contribution in [3.8, 4) is 11.5 Å². The van der Waals surface area contributed by atoms with Gasteiger partial charge in [-0.3, -0.25) is 9.89 Å². The first-order valence-corrected chi connectivity index (χ1v) is 8.67. The van der Waals surface area contributed by atoms with Crippen molar-refractivity contribution in [2.24, 2.45) is 0 Å². The number of carbonyl (C=O) groups is 1. The summed E-state index contributed by atoms with van der Waals surface area (Å²) in [5, 5.41) is 9.92. The largest absolute Gasteiger partial charge is 0.457 e. The third-order valence-corrected chi connectivity index (χ3v) is 4.29. The van der Waals surface area contributed by atoms with Crippen LogP contribution >= 0.6 is 11.8 Å². The molecule has 6 nitrogen and oxygen atoms in total. The van der Waals surface area contributed by atoms with Crippen LogP contribution in [0.25, 0.3) is 0 Å². The highest BCUT2D eigenvalue weighted by Gasteiger charge is 2.17. The Balaban J connectivity index is 1.56. The van der Waals surface area contributed by atoms with Crippen LogP contribution in [-0.2, 0) is 4.79 Å². The van der Waals surface area contributed by atoms with Gasteiger partial charge in [-0.15, -0.1) is 5.10 Å². The fourth-order valence-corrected chi connectivity index (χ4v) is 2.83. The first-order chi connectivity index (χ1) is 12.1. The Morgan fingerprint density at radius 3 is 2.44 bits per heavy atom. The van der Waals surface area contributed by atoms with Gasteiger partial charge in [-0.2, -0.15) is 0 Å². The lowest BCUT2D eigenvalue weighted by Gasteiger charge is -2.11. The Bertz CT molecular complexity index is 834. The molecule has 1 aromatic heterocycles. The molecule has 0 aliphatic heterocycles. The Kier molecular flexibility index (Phi) is 5.35. The van der Waals surface area contributed by atoms with Gasteiger partial charge < -0.3 is 10.1 Å². The second-order valence-corrected chi connectivity index (χ2v) is 6.70. The Morgan fingerprint density at radius 2 is 1.80 bits per heavy atom. The number of thioether (sulfide) groups is 1. The Hall–Kier alpha value is -2.80. The summed E-state index contributed by atoms with van der Waals surface area (Å²) in [7, 11) is 0. The maximum atomic E-state index is 12.3. The predicted molar refractivity (Wildman–Crippen MR) is 98.0 cm³/mol. The summed E-state index contributed by atoms with van der Waals surface area (Å²) < 4.78 is 5.73. The van der Waals surface area contributed by atoms with Gasteiger partial charge in [0.2, 0.25) is 11.1 Å². The number of carbonyl (C=O) groups excluding carboxylic acids is 1. The smallest absolute Gasteiger partial charge is 0.237 e. The van der Waals surface area contributed by atoms with Crippen LogP contribution in [0, 0.1) is 6.92 Å². The summed E-state index contributed by atoms with van der Waals surface area (Å²) in [5.74, 6) is 2.10. The second kappa shape index (κ2) is 7.85. The molecule has 0 radical (unpaired) electrons. The molecule has 25 heavy (non-hydrogen) atoms. The summed E-state index contributed by atoms with van der Waals surface area (Å²) >= 11 is 1.31. The van der Waals surface area contributed by atoms with Crippen LogP contribution < -0.4 is 10.1 Å². The minimum absolute atomic E-state index is 0.107. The molecule has 3 rings (SSSR count). The number of aromatic amines is 1. The van der Waals surface area contributed by atoms with E-state index in [1.165, 1.54) is 11.8 Å². The van der Waals surface area contributed by atoms with Crippen molar-refractivity contribution < 1.29 is 9.53 Å². The van der Waals surface area contributed by atoms with Gasteiger partial charge in [0.1, 0.15) is 17.3 Å². The predicted octanol–water partition coefficient (Wildman–Crippen LogP) is 4.02. The van der Waals surface area contributed by atoms with Crippen molar-refractivity contribution in [3.05, 3.63) is 60.4 Å². The lowest BCUT2D eigenvalue weighted by Crippen LogP contribution is -2.22. The average Bonchev–Trinajstić information content (AvgIpc) is 3.02. The first-order valence-electron chi connectivity index (χ1n) is 7.79. The molecule has 0 spiro atoms. The zero-order chi connectivity index (χ0) is 17.6. The van der Waals surface area contributed by atoms with Gasteiger partial charge in [0.25, 0.3) is 0 Å². The summed E-state index contributed by atoms with van der Waals surface area (Å²) in [6.07, 6.45) is 0. The number of nitrogens with one attached hydrogen (secondary N) is 2. The van der Waals surface area contributed by atoms with Crippen molar-refractivity contribution in [1.82, 2.24) is 15.2 Å². The lowest BCUT2D eigenvalue weighted by atomic mass is 10.3. The van der Waals surface area contributed by atoms with E-state index in [9.17, 15) is 4.79 Å². The van der Waals surface area contributed by atoms with E-state index in [2.05, 4.69) is 20.5 Å². The van der Waals surface area contributed by atoms with Crippen molar-refractivity contribution in [1.29, 1.82) is 0 Å². The maximum Gasteiger partial charge on any atom is 0.237 e. The number of aryl methyl sites for hydroxylation is 1. The zero-order valence-electron chi connectivity index (χ0n) is 13.9. The van der Waals surface area contributed by atoms with Crippen LogP contribution in [0.1, 0.15) is 12.7 Å². The number of anilines is 1. The number of ether oxygens (including phenoxy) is 1. The third kappa shape index (κ3) is 4.84. The van der Waals surface area contributed by atoms with Gasteiger partial charge in [0, 0.05) is 5.69 Å². The molecule has 3 aromatic rings. The molecular formula is C18H18N4O2S. The van der Waals surface area contributed by atoms with Gasteiger partial charge in [0.15, 0.2) is 0 Å². The second-order valence-electron chi connectivity index (χ2n) is 5.39. The van der Waals surface area contributed by atoms with Crippen molar-refractivity contribution in [2.45, 2.75) is 24.3 Å². The lowest BCUT2D eigenvalue weighted by molar-refractivity contribution is -0.115. The number of para-hydroxylation sites is 1. The van der Waals surface area contributed by atoms with Crippen molar-refractivity contribution >= 4 is 23.4 Å². The molecule has 0 bridgehead atoms. The number of H-pyrrole nitrogens is 1. The van der Waals surface area contributed by atoms with Gasteiger partial charge >= 0.3 is 0 Å². The van der Waals surface area contributed by atoms with E-state index in [1.54, 1.807) is 0 Å². The molecule has 7 heteroatoms. The monoisotopic (exact) mass is 354 g/mol. The standard InChI is InChI=1S/C18H18N4O2S/c1-12(25-18-19-13(2)21-22-18)17(23)20-14-8-10-16(11-9-14)24-15-6-4-3-5-7-15/h3-12H,1-2H3,(H,20,23)(H,19,21,22). The number of amides is 1. The number of aromatic nitrogens is 3.